The van der Waals surface area contributed by atoms with Gasteiger partial charge in [0.05, 0.1) is 5.69 Å². The molecule has 18 heavy (non-hydrogen) atoms. The Labute approximate surface area is 106 Å². The zero-order valence-corrected chi connectivity index (χ0v) is 10.7. The number of nitrogens with zero attached hydrogens (tertiary/aromatic N) is 2. The van der Waals surface area contributed by atoms with Crippen molar-refractivity contribution < 1.29 is 14.7 Å². The molecule has 0 radical (unpaired) electrons. The average Bonchev–Trinajstić information content (AvgIpc) is 2.29. The number of anilines is 1. The topological polar surface area (TPSA) is 82.5 Å². The van der Waals surface area contributed by atoms with Crippen LogP contribution >= 0.6 is 0 Å². The number of carbonyl (C=O) groups excluding carboxylic acids is 1. The van der Waals surface area contributed by atoms with E-state index >= 15 is 0 Å². The van der Waals surface area contributed by atoms with Crippen LogP contribution in [0.4, 0.5) is 10.5 Å². The molecule has 2 N–H and O–H groups in total. The third-order valence-corrected chi connectivity index (χ3v) is 2.48. The molecule has 0 unspecified atom stereocenters. The zero-order valence-electron chi connectivity index (χ0n) is 10.7. The second-order valence-corrected chi connectivity index (χ2v) is 4.01. The van der Waals surface area contributed by atoms with E-state index < -0.39 is 5.97 Å². The van der Waals surface area contributed by atoms with Crippen LogP contribution in [0.2, 0.25) is 0 Å². The van der Waals surface area contributed by atoms with Gasteiger partial charge in [-0.1, -0.05) is 0 Å². The highest BCUT2D eigenvalue weighted by atomic mass is 16.4. The van der Waals surface area contributed by atoms with Crippen LogP contribution in [-0.2, 0) is 0 Å². The van der Waals surface area contributed by atoms with Crippen molar-refractivity contribution in [1.29, 1.82) is 0 Å². The summed E-state index contributed by atoms with van der Waals surface area (Å²) < 4.78 is 0. The quantitative estimate of drug-likeness (QED) is 0.857. The molecule has 0 aliphatic rings. The number of nitrogens with one attached hydrogen (secondary N) is 1. The first kappa shape index (κ1) is 14.0. The maximum atomic E-state index is 12.0. The molecule has 0 aromatic carbocycles. The van der Waals surface area contributed by atoms with Crippen molar-refractivity contribution in [3.05, 3.63) is 24.0 Å². The Morgan fingerprint density at radius 3 is 2.67 bits per heavy atom. The van der Waals surface area contributed by atoms with Crippen molar-refractivity contribution in [3.63, 3.8) is 0 Å². The maximum Gasteiger partial charge on any atom is 0.356 e. The highest BCUT2D eigenvalue weighted by Gasteiger charge is 2.18. The van der Waals surface area contributed by atoms with Crippen molar-refractivity contribution in [3.8, 4) is 0 Å². The van der Waals surface area contributed by atoms with Gasteiger partial charge in [-0.15, -0.1) is 0 Å². The highest BCUT2D eigenvalue weighted by Crippen LogP contribution is 2.13. The minimum absolute atomic E-state index is 0.0416. The lowest BCUT2D eigenvalue weighted by molar-refractivity contribution is 0.0691. The van der Waals surface area contributed by atoms with Crippen molar-refractivity contribution in [2.45, 2.75) is 26.8 Å². The van der Waals surface area contributed by atoms with E-state index in [1.807, 2.05) is 20.8 Å². The Hall–Kier alpha value is -2.11. The molecule has 1 heterocycles. The Balaban J connectivity index is 2.91. The van der Waals surface area contributed by atoms with Crippen molar-refractivity contribution >= 4 is 17.7 Å². The molecule has 0 atom stereocenters. The fraction of sp³-hybridized carbons (Fsp3) is 0.417. The summed E-state index contributed by atoms with van der Waals surface area (Å²) in [5, 5.41) is 11.5. The average molecular weight is 251 g/mol. The molecule has 0 fully saturated rings. The third kappa shape index (κ3) is 3.19. The highest BCUT2D eigenvalue weighted by molar-refractivity contribution is 5.98. The van der Waals surface area contributed by atoms with E-state index in [9.17, 15) is 9.59 Å². The normalized spacial score (nSPS) is 10.2. The smallest absolute Gasteiger partial charge is 0.356 e. The Morgan fingerprint density at radius 2 is 2.17 bits per heavy atom. The van der Waals surface area contributed by atoms with Gasteiger partial charge in [0.2, 0.25) is 0 Å². The predicted octanol–water partition coefficient (Wildman–Crippen LogP) is 2.04. The summed E-state index contributed by atoms with van der Waals surface area (Å²) in [7, 11) is 0. The molecule has 0 spiro atoms. The van der Waals surface area contributed by atoms with Gasteiger partial charge in [-0.2, -0.15) is 0 Å². The molecule has 1 aromatic heterocycles. The number of rotatable bonds is 4. The molecule has 1 rings (SSSR count). The zero-order chi connectivity index (χ0) is 13.7. The first-order valence-electron chi connectivity index (χ1n) is 5.73. The standard InChI is InChI=1S/C12H17N3O3/c1-4-15(8(2)3)12(18)14-9-6-5-7-13-10(9)11(16)17/h5-8H,4H2,1-3H3,(H,14,18)(H,16,17). The number of aromatic nitrogens is 1. The molecular formula is C12H17N3O3. The van der Waals surface area contributed by atoms with Gasteiger partial charge < -0.3 is 15.3 Å². The monoisotopic (exact) mass is 251 g/mol. The first-order chi connectivity index (χ1) is 8.47. The van der Waals surface area contributed by atoms with Crippen molar-refractivity contribution in [2.24, 2.45) is 0 Å². The summed E-state index contributed by atoms with van der Waals surface area (Å²) in [6.07, 6.45) is 1.37. The molecule has 2 amide bonds. The summed E-state index contributed by atoms with van der Waals surface area (Å²) >= 11 is 0. The number of hydrogen-bond donors (Lipinski definition) is 2. The van der Waals surface area contributed by atoms with Gasteiger partial charge in [0, 0.05) is 18.8 Å². The lowest BCUT2D eigenvalue weighted by Crippen LogP contribution is -2.40. The number of amides is 2. The number of hydrogen-bond acceptors (Lipinski definition) is 3. The molecule has 0 saturated carbocycles. The van der Waals surface area contributed by atoms with Crippen LogP contribution in [0.15, 0.2) is 18.3 Å². The van der Waals surface area contributed by atoms with Crippen LogP contribution in [0.1, 0.15) is 31.3 Å². The summed E-state index contributed by atoms with van der Waals surface area (Å²) in [5.41, 5.74) is 0.0414. The molecular weight excluding hydrogens is 234 g/mol. The number of carboxylic acids is 1. The predicted molar refractivity (Wildman–Crippen MR) is 67.7 cm³/mol. The van der Waals surface area contributed by atoms with Crippen LogP contribution in [0, 0.1) is 0 Å². The van der Waals surface area contributed by atoms with Crippen LogP contribution in [0.25, 0.3) is 0 Å². The second-order valence-electron chi connectivity index (χ2n) is 4.01. The van der Waals surface area contributed by atoms with E-state index in [1.54, 1.807) is 11.0 Å². The number of urea groups is 1. The summed E-state index contributed by atoms with van der Waals surface area (Å²) in [6.45, 7) is 6.20. The van der Waals surface area contributed by atoms with Gasteiger partial charge in [0.1, 0.15) is 0 Å². The molecule has 0 saturated heterocycles. The molecule has 98 valence electrons. The van der Waals surface area contributed by atoms with Crippen LogP contribution in [0.5, 0.6) is 0 Å². The van der Waals surface area contributed by atoms with Crippen LogP contribution in [-0.4, -0.2) is 39.6 Å². The largest absolute Gasteiger partial charge is 0.476 e. The van der Waals surface area contributed by atoms with Crippen molar-refractivity contribution in [1.82, 2.24) is 9.88 Å². The van der Waals surface area contributed by atoms with Gasteiger partial charge in [-0.05, 0) is 32.9 Å². The Morgan fingerprint density at radius 1 is 1.50 bits per heavy atom. The number of carbonyl (C=O) groups is 2. The molecule has 0 bridgehead atoms. The second kappa shape index (κ2) is 6.00. The Bertz CT molecular complexity index is 446. The first-order valence-corrected chi connectivity index (χ1v) is 5.73. The van der Waals surface area contributed by atoms with Gasteiger partial charge in [-0.3, -0.25) is 0 Å². The van der Waals surface area contributed by atoms with Gasteiger partial charge in [-0.25, -0.2) is 14.6 Å². The van der Waals surface area contributed by atoms with E-state index in [0.717, 1.165) is 0 Å². The third-order valence-electron chi connectivity index (χ3n) is 2.48. The number of aromatic carboxylic acids is 1. The minimum Gasteiger partial charge on any atom is -0.476 e. The van der Waals surface area contributed by atoms with Gasteiger partial charge in [0.25, 0.3) is 0 Å². The summed E-state index contributed by atoms with van der Waals surface area (Å²) in [4.78, 5) is 28.2. The van der Waals surface area contributed by atoms with E-state index in [4.69, 9.17) is 5.11 Å². The Kier molecular flexibility index (Phi) is 4.65. The van der Waals surface area contributed by atoms with Crippen molar-refractivity contribution in [2.75, 3.05) is 11.9 Å². The SMILES string of the molecule is CCN(C(=O)Nc1cccnc1C(=O)O)C(C)C. The molecule has 0 aliphatic carbocycles. The molecule has 6 heteroatoms. The lowest BCUT2D eigenvalue weighted by atomic mass is 10.3. The number of carboxylic acid groups (broad SMARTS) is 1. The maximum absolute atomic E-state index is 12.0. The molecule has 6 nitrogen and oxygen atoms in total. The van der Waals surface area contributed by atoms with E-state index in [2.05, 4.69) is 10.3 Å². The summed E-state index contributed by atoms with van der Waals surface area (Å²) in [6, 6.07) is 2.80. The number of pyridine rings is 1. The molecule has 0 aliphatic heterocycles. The summed E-state index contributed by atoms with van der Waals surface area (Å²) in [5.74, 6) is -1.17. The van der Waals surface area contributed by atoms with Crippen LogP contribution in [0.3, 0.4) is 0 Å². The van der Waals surface area contributed by atoms with Gasteiger partial charge >= 0.3 is 12.0 Å². The fourth-order valence-electron chi connectivity index (χ4n) is 1.61. The van der Waals surface area contributed by atoms with E-state index in [-0.39, 0.29) is 23.5 Å². The van der Waals surface area contributed by atoms with Gasteiger partial charge in [0.15, 0.2) is 5.69 Å². The van der Waals surface area contributed by atoms with E-state index in [0.29, 0.717) is 6.54 Å². The van der Waals surface area contributed by atoms with Crippen LogP contribution < -0.4 is 5.32 Å². The minimum atomic E-state index is -1.17. The lowest BCUT2D eigenvalue weighted by Gasteiger charge is -2.25. The molecule has 1 aromatic rings. The van der Waals surface area contributed by atoms with E-state index in [1.165, 1.54) is 12.3 Å². The fourth-order valence-corrected chi connectivity index (χ4v) is 1.61.